The summed E-state index contributed by atoms with van der Waals surface area (Å²) in [5.74, 6) is -0.787. The summed E-state index contributed by atoms with van der Waals surface area (Å²) in [5, 5.41) is 0. The number of hydrogen-bond donors (Lipinski definition) is 0. The number of nitrogens with zero attached hydrogens (tertiary/aromatic N) is 1. The first kappa shape index (κ1) is 19.8. The maximum absolute atomic E-state index is 12.6. The summed E-state index contributed by atoms with van der Waals surface area (Å²) in [7, 11) is 1.85. The molecule has 0 amide bonds. The summed E-state index contributed by atoms with van der Waals surface area (Å²) in [6.07, 6.45) is 0.439. The molecule has 0 N–H and O–H groups in total. The van der Waals surface area contributed by atoms with Crippen LogP contribution in [0.5, 0.6) is 0 Å². The summed E-state index contributed by atoms with van der Waals surface area (Å²) in [5.41, 5.74) is 0. The fraction of sp³-hybridized carbons (Fsp3) is 0.812. The van der Waals surface area contributed by atoms with Crippen molar-refractivity contribution < 1.29 is 19.1 Å². The van der Waals surface area contributed by atoms with Crippen LogP contribution in [0, 0.1) is 11.8 Å². The van der Waals surface area contributed by atoms with Gasteiger partial charge in [0.05, 0.1) is 0 Å². The van der Waals surface area contributed by atoms with Crippen LogP contribution in [-0.2, 0) is 19.1 Å². The minimum atomic E-state index is -0.616. The third-order valence-corrected chi connectivity index (χ3v) is 3.76. The fourth-order valence-electron chi connectivity index (χ4n) is 2.23. The van der Waals surface area contributed by atoms with Crippen molar-refractivity contribution in [3.8, 4) is 0 Å². The summed E-state index contributed by atoms with van der Waals surface area (Å²) >= 11 is 0. The predicted octanol–water partition coefficient (Wildman–Crippen LogP) is 2.08. The number of aldehydes is 1. The van der Waals surface area contributed by atoms with E-state index in [1.54, 1.807) is 0 Å². The first-order valence-electron chi connectivity index (χ1n) is 7.49. The van der Waals surface area contributed by atoms with E-state index in [2.05, 4.69) is 0 Å². The Morgan fingerprint density at radius 3 is 2.00 bits per heavy atom. The molecule has 0 spiro atoms. The van der Waals surface area contributed by atoms with Gasteiger partial charge >= 0.3 is 5.97 Å². The van der Waals surface area contributed by atoms with Crippen LogP contribution < -0.4 is 0 Å². The standard InChI is InChI=1S/C16H29NO4/c1-10(2)15(20)14(17(7)11(3)4)16(21-13(6)19)12(5)8-9-18/h9-12,14,16H,8H2,1-7H3/t12-,14-,16-/m1/s1. The Morgan fingerprint density at radius 1 is 1.14 bits per heavy atom. The van der Waals surface area contributed by atoms with Crippen LogP contribution in [-0.4, -0.2) is 48.2 Å². The first-order valence-corrected chi connectivity index (χ1v) is 7.49. The number of Topliss-reactive ketones (excluding diaryl/α,β-unsaturated/α-hetero) is 1. The maximum Gasteiger partial charge on any atom is 0.302 e. The molecule has 5 nitrogen and oxygen atoms in total. The number of carbonyl (C=O) groups excluding carboxylic acids is 3. The smallest absolute Gasteiger partial charge is 0.302 e. The minimum absolute atomic E-state index is 0.0233. The van der Waals surface area contributed by atoms with Crippen LogP contribution in [0.4, 0.5) is 0 Å². The molecule has 0 aromatic rings. The SMILES string of the molecule is CC(=O)O[C@H]([C@H](C)CC=O)[C@@H](C(=O)C(C)C)N(C)C(C)C. The Kier molecular flexibility index (Phi) is 8.40. The number of ether oxygens (including phenoxy) is 1. The summed E-state index contributed by atoms with van der Waals surface area (Å²) in [4.78, 5) is 36.7. The summed E-state index contributed by atoms with van der Waals surface area (Å²) in [6.45, 7) is 10.8. The zero-order valence-corrected chi connectivity index (χ0v) is 14.3. The average molecular weight is 299 g/mol. The molecule has 5 heteroatoms. The molecule has 0 unspecified atom stereocenters. The molecule has 0 radical (unpaired) electrons. The van der Waals surface area contributed by atoms with Crippen molar-refractivity contribution in [2.75, 3.05) is 7.05 Å². The highest BCUT2D eigenvalue weighted by atomic mass is 16.5. The lowest BCUT2D eigenvalue weighted by molar-refractivity contribution is -0.157. The van der Waals surface area contributed by atoms with Gasteiger partial charge in [-0.25, -0.2) is 0 Å². The van der Waals surface area contributed by atoms with Crippen molar-refractivity contribution in [2.45, 2.75) is 66.2 Å². The van der Waals surface area contributed by atoms with Crippen LogP contribution in [0.1, 0.15) is 48.0 Å². The summed E-state index contributed by atoms with van der Waals surface area (Å²) in [6, 6.07) is -0.414. The van der Waals surface area contributed by atoms with E-state index in [0.717, 1.165) is 6.29 Å². The lowest BCUT2D eigenvalue weighted by Gasteiger charge is -2.38. The number of rotatable bonds is 9. The average Bonchev–Trinajstić information content (AvgIpc) is 2.36. The molecule has 0 aromatic carbocycles. The Morgan fingerprint density at radius 2 is 1.67 bits per heavy atom. The Labute approximate surface area is 128 Å². The van der Waals surface area contributed by atoms with E-state index in [1.807, 2.05) is 46.6 Å². The fourth-order valence-corrected chi connectivity index (χ4v) is 2.23. The van der Waals surface area contributed by atoms with Gasteiger partial charge in [0.1, 0.15) is 18.4 Å². The molecule has 0 saturated carbocycles. The van der Waals surface area contributed by atoms with Gasteiger partial charge in [-0.2, -0.15) is 0 Å². The molecule has 0 aliphatic heterocycles. The van der Waals surface area contributed by atoms with Gasteiger partial charge in [0, 0.05) is 31.2 Å². The molecular formula is C16H29NO4. The molecule has 3 atom stereocenters. The highest BCUT2D eigenvalue weighted by Crippen LogP contribution is 2.23. The molecule has 0 aliphatic carbocycles. The molecule has 0 aromatic heterocycles. The predicted molar refractivity (Wildman–Crippen MR) is 81.9 cm³/mol. The van der Waals surface area contributed by atoms with Crippen molar-refractivity contribution in [3.63, 3.8) is 0 Å². The van der Waals surface area contributed by atoms with Gasteiger partial charge in [0.25, 0.3) is 0 Å². The van der Waals surface area contributed by atoms with Gasteiger partial charge in [-0.1, -0.05) is 20.8 Å². The largest absolute Gasteiger partial charge is 0.460 e. The van der Waals surface area contributed by atoms with Gasteiger partial charge in [-0.05, 0) is 20.9 Å². The Hall–Kier alpha value is -1.23. The van der Waals surface area contributed by atoms with Gasteiger partial charge in [-0.3, -0.25) is 14.5 Å². The van der Waals surface area contributed by atoms with Crippen LogP contribution in [0.3, 0.4) is 0 Å². The lowest BCUT2D eigenvalue weighted by Crippen LogP contribution is -2.54. The van der Waals surface area contributed by atoms with Crippen LogP contribution in [0.25, 0.3) is 0 Å². The zero-order valence-electron chi connectivity index (χ0n) is 14.3. The maximum atomic E-state index is 12.6. The third kappa shape index (κ3) is 5.96. The quantitative estimate of drug-likeness (QED) is 0.482. The van der Waals surface area contributed by atoms with Crippen molar-refractivity contribution in [1.82, 2.24) is 4.90 Å². The minimum Gasteiger partial charge on any atom is -0.460 e. The normalized spacial score (nSPS) is 15.9. The molecule has 21 heavy (non-hydrogen) atoms. The molecule has 0 rings (SSSR count). The molecule has 0 fully saturated rings. The molecule has 0 saturated heterocycles. The van der Waals surface area contributed by atoms with Crippen molar-refractivity contribution in [2.24, 2.45) is 11.8 Å². The molecular weight excluding hydrogens is 270 g/mol. The second kappa shape index (κ2) is 8.93. The topological polar surface area (TPSA) is 63.7 Å². The Balaban J connectivity index is 5.58. The number of esters is 1. The first-order chi connectivity index (χ1) is 9.63. The van der Waals surface area contributed by atoms with Gasteiger partial charge in [0.2, 0.25) is 0 Å². The van der Waals surface area contributed by atoms with E-state index < -0.39 is 18.1 Å². The molecule has 0 bridgehead atoms. The second-order valence-electron chi connectivity index (χ2n) is 6.21. The van der Waals surface area contributed by atoms with Crippen LogP contribution in [0.15, 0.2) is 0 Å². The van der Waals surface area contributed by atoms with E-state index in [1.165, 1.54) is 6.92 Å². The van der Waals surface area contributed by atoms with E-state index >= 15 is 0 Å². The van der Waals surface area contributed by atoms with Crippen molar-refractivity contribution in [1.29, 1.82) is 0 Å². The third-order valence-electron chi connectivity index (χ3n) is 3.76. The second-order valence-corrected chi connectivity index (χ2v) is 6.21. The number of hydrogen-bond acceptors (Lipinski definition) is 5. The van der Waals surface area contributed by atoms with E-state index in [-0.39, 0.29) is 30.1 Å². The van der Waals surface area contributed by atoms with Gasteiger partial charge < -0.3 is 9.53 Å². The van der Waals surface area contributed by atoms with Crippen molar-refractivity contribution in [3.05, 3.63) is 0 Å². The number of carbonyl (C=O) groups is 3. The van der Waals surface area contributed by atoms with E-state index in [0.29, 0.717) is 0 Å². The van der Waals surface area contributed by atoms with E-state index in [4.69, 9.17) is 4.74 Å². The van der Waals surface area contributed by atoms with Crippen LogP contribution >= 0.6 is 0 Å². The summed E-state index contributed by atoms with van der Waals surface area (Å²) < 4.78 is 5.41. The van der Waals surface area contributed by atoms with Gasteiger partial charge in [0.15, 0.2) is 5.78 Å². The lowest BCUT2D eigenvalue weighted by atomic mass is 9.87. The van der Waals surface area contributed by atoms with Crippen molar-refractivity contribution >= 4 is 18.0 Å². The monoisotopic (exact) mass is 299 g/mol. The van der Waals surface area contributed by atoms with Crippen LogP contribution in [0.2, 0.25) is 0 Å². The highest BCUT2D eigenvalue weighted by molar-refractivity contribution is 5.86. The zero-order chi connectivity index (χ0) is 16.7. The Bertz CT molecular complexity index is 365. The molecule has 122 valence electrons. The van der Waals surface area contributed by atoms with Gasteiger partial charge in [-0.15, -0.1) is 0 Å². The number of likely N-dealkylation sites (N-methyl/N-ethyl adjacent to an activating group) is 1. The molecule has 0 aliphatic rings. The number of ketones is 1. The highest BCUT2D eigenvalue weighted by Gasteiger charge is 2.39. The molecule has 0 heterocycles. The van der Waals surface area contributed by atoms with E-state index in [9.17, 15) is 14.4 Å².